The van der Waals surface area contributed by atoms with Crippen LogP contribution in [0.5, 0.6) is 0 Å². The third-order valence-electron chi connectivity index (χ3n) is 2.71. The topological polar surface area (TPSA) is 85.1 Å². The van der Waals surface area contributed by atoms with Crippen molar-refractivity contribution >= 4 is 42.7 Å². The second-order valence-corrected chi connectivity index (χ2v) is 6.68. The minimum absolute atomic E-state index is 0.0857. The van der Waals surface area contributed by atoms with Crippen molar-refractivity contribution in [3.05, 3.63) is 46.7 Å². The summed E-state index contributed by atoms with van der Waals surface area (Å²) >= 11 is 3.10. The van der Waals surface area contributed by atoms with Crippen LogP contribution in [0.25, 0.3) is 11.0 Å². The molecule has 21 heavy (non-hydrogen) atoms. The van der Waals surface area contributed by atoms with Crippen LogP contribution in [0.4, 0.5) is 10.1 Å². The van der Waals surface area contributed by atoms with E-state index in [1.54, 1.807) is 6.07 Å². The van der Waals surface area contributed by atoms with Crippen LogP contribution in [0.1, 0.15) is 0 Å². The first-order valence-electron chi connectivity index (χ1n) is 5.66. The highest BCUT2D eigenvalue weighted by molar-refractivity contribution is 9.10. The highest BCUT2D eigenvalue weighted by Gasteiger charge is 2.21. The van der Waals surface area contributed by atoms with Gasteiger partial charge in [0, 0.05) is 4.47 Å². The summed E-state index contributed by atoms with van der Waals surface area (Å²) in [6, 6.07) is 8.41. The number of nitrogens with zero attached hydrogens (tertiary/aromatic N) is 2. The van der Waals surface area contributed by atoms with Crippen molar-refractivity contribution in [3.8, 4) is 0 Å². The van der Waals surface area contributed by atoms with Gasteiger partial charge >= 0.3 is 0 Å². The van der Waals surface area contributed by atoms with Crippen molar-refractivity contribution in [2.75, 3.05) is 4.72 Å². The number of benzene rings is 2. The zero-order valence-electron chi connectivity index (χ0n) is 10.2. The van der Waals surface area contributed by atoms with E-state index in [1.165, 1.54) is 24.3 Å². The molecule has 0 saturated carbocycles. The van der Waals surface area contributed by atoms with Gasteiger partial charge in [-0.1, -0.05) is 22.0 Å². The van der Waals surface area contributed by atoms with Gasteiger partial charge < -0.3 is 0 Å². The molecule has 0 spiro atoms. The van der Waals surface area contributed by atoms with E-state index in [-0.39, 0.29) is 16.1 Å². The van der Waals surface area contributed by atoms with E-state index in [0.29, 0.717) is 9.99 Å². The number of aromatic nitrogens is 2. The Morgan fingerprint density at radius 2 is 2.00 bits per heavy atom. The highest BCUT2D eigenvalue weighted by atomic mass is 79.9. The van der Waals surface area contributed by atoms with Crippen molar-refractivity contribution in [1.29, 1.82) is 0 Å². The molecular weight excluding hydrogens is 365 g/mol. The summed E-state index contributed by atoms with van der Waals surface area (Å²) in [5, 5.41) is 7.13. The fourth-order valence-electron chi connectivity index (χ4n) is 1.77. The van der Waals surface area contributed by atoms with Gasteiger partial charge in [-0.2, -0.15) is 0 Å². The van der Waals surface area contributed by atoms with E-state index in [0.717, 1.165) is 6.07 Å². The average molecular weight is 372 g/mol. The van der Waals surface area contributed by atoms with Gasteiger partial charge in [-0.05, 0) is 40.6 Å². The second-order valence-electron chi connectivity index (χ2n) is 4.12. The van der Waals surface area contributed by atoms with Crippen LogP contribution < -0.4 is 4.72 Å². The summed E-state index contributed by atoms with van der Waals surface area (Å²) in [5.74, 6) is -0.696. The number of anilines is 1. The monoisotopic (exact) mass is 371 g/mol. The Labute approximate surface area is 127 Å². The van der Waals surface area contributed by atoms with Crippen LogP contribution in [0.15, 0.2) is 50.4 Å². The summed E-state index contributed by atoms with van der Waals surface area (Å²) in [5.41, 5.74) is 0.225. The lowest BCUT2D eigenvalue weighted by molar-refractivity contribution is 0.315. The molecule has 108 valence electrons. The van der Waals surface area contributed by atoms with Crippen LogP contribution >= 0.6 is 15.9 Å². The molecule has 0 aliphatic heterocycles. The predicted octanol–water partition coefficient (Wildman–Crippen LogP) is 2.93. The van der Waals surface area contributed by atoms with Crippen LogP contribution in [-0.2, 0) is 10.0 Å². The van der Waals surface area contributed by atoms with Gasteiger partial charge in [-0.15, -0.1) is 0 Å². The van der Waals surface area contributed by atoms with Gasteiger partial charge in [0.1, 0.15) is 16.2 Å². The average Bonchev–Trinajstić information content (AvgIpc) is 2.90. The molecule has 0 aliphatic rings. The number of sulfonamides is 1. The molecule has 0 saturated heterocycles. The number of hydrogen-bond donors (Lipinski definition) is 1. The molecule has 1 aromatic heterocycles. The molecule has 3 rings (SSSR count). The van der Waals surface area contributed by atoms with Gasteiger partial charge in [-0.25, -0.2) is 17.4 Å². The number of hydrogen-bond acceptors (Lipinski definition) is 5. The normalized spacial score (nSPS) is 11.7. The van der Waals surface area contributed by atoms with E-state index in [1.807, 2.05) is 0 Å². The van der Waals surface area contributed by atoms with Crippen LogP contribution in [0, 0.1) is 5.82 Å². The van der Waals surface area contributed by atoms with E-state index in [4.69, 9.17) is 0 Å². The fourth-order valence-corrected chi connectivity index (χ4v) is 3.32. The Kier molecular flexibility index (Phi) is 3.38. The first kappa shape index (κ1) is 14.0. The molecule has 9 heteroatoms. The zero-order chi connectivity index (χ0) is 15.0. The molecule has 0 bridgehead atoms. The van der Waals surface area contributed by atoms with Crippen molar-refractivity contribution in [2.24, 2.45) is 0 Å². The zero-order valence-corrected chi connectivity index (χ0v) is 12.6. The SMILES string of the molecule is O=S(=O)(Nc1ccc(Br)cc1F)c1cccc2nonc12. The lowest BCUT2D eigenvalue weighted by atomic mass is 10.3. The first-order chi connectivity index (χ1) is 9.97. The molecule has 1 N–H and O–H groups in total. The van der Waals surface area contributed by atoms with Crippen LogP contribution in [0.3, 0.4) is 0 Å². The molecule has 2 aromatic carbocycles. The first-order valence-corrected chi connectivity index (χ1v) is 7.94. The molecule has 3 aromatic rings. The number of nitrogens with one attached hydrogen (secondary N) is 1. The quantitative estimate of drug-likeness (QED) is 0.764. The Bertz CT molecular complexity index is 926. The number of rotatable bonds is 3. The second kappa shape index (κ2) is 5.08. The molecule has 0 aliphatic carbocycles. The molecular formula is C12H7BrFN3O3S. The van der Waals surface area contributed by atoms with Gasteiger partial charge in [-0.3, -0.25) is 4.72 Å². The Balaban J connectivity index is 2.06. The standard InChI is InChI=1S/C12H7BrFN3O3S/c13-7-4-5-9(8(14)6-7)17-21(18,19)11-3-1-2-10-12(11)16-20-15-10/h1-6,17H. The fraction of sp³-hybridized carbons (Fsp3) is 0. The van der Waals surface area contributed by atoms with Crippen molar-refractivity contribution < 1.29 is 17.4 Å². The van der Waals surface area contributed by atoms with E-state index >= 15 is 0 Å². The Morgan fingerprint density at radius 1 is 1.19 bits per heavy atom. The third-order valence-corrected chi connectivity index (χ3v) is 4.60. The lowest BCUT2D eigenvalue weighted by Gasteiger charge is -2.09. The summed E-state index contributed by atoms with van der Waals surface area (Å²) in [6.45, 7) is 0. The largest absolute Gasteiger partial charge is 0.277 e. The molecule has 0 atom stereocenters. The van der Waals surface area contributed by atoms with Gasteiger partial charge in [0.2, 0.25) is 0 Å². The summed E-state index contributed by atoms with van der Waals surface area (Å²) < 4.78 is 45.7. The molecule has 1 heterocycles. The van der Waals surface area contributed by atoms with Crippen molar-refractivity contribution in [1.82, 2.24) is 10.3 Å². The minimum Gasteiger partial charge on any atom is -0.277 e. The predicted molar refractivity (Wildman–Crippen MR) is 76.7 cm³/mol. The van der Waals surface area contributed by atoms with E-state index in [9.17, 15) is 12.8 Å². The van der Waals surface area contributed by atoms with Gasteiger partial charge in [0.05, 0.1) is 5.69 Å². The molecule has 0 unspecified atom stereocenters. The summed E-state index contributed by atoms with van der Waals surface area (Å²) in [6.07, 6.45) is 0. The maximum Gasteiger partial charge on any atom is 0.264 e. The van der Waals surface area contributed by atoms with Crippen LogP contribution in [0.2, 0.25) is 0 Å². The maximum absolute atomic E-state index is 13.7. The lowest BCUT2D eigenvalue weighted by Crippen LogP contribution is -2.14. The van der Waals surface area contributed by atoms with Crippen molar-refractivity contribution in [2.45, 2.75) is 4.90 Å². The minimum atomic E-state index is -4.01. The number of halogens is 2. The van der Waals surface area contributed by atoms with Gasteiger partial charge in [0.25, 0.3) is 10.0 Å². The number of fused-ring (bicyclic) bond motifs is 1. The van der Waals surface area contributed by atoms with Crippen molar-refractivity contribution in [3.63, 3.8) is 0 Å². The Morgan fingerprint density at radius 3 is 2.76 bits per heavy atom. The molecule has 0 amide bonds. The maximum atomic E-state index is 13.7. The summed E-state index contributed by atoms with van der Waals surface area (Å²) in [4.78, 5) is -0.136. The molecule has 6 nitrogen and oxygen atoms in total. The highest BCUT2D eigenvalue weighted by Crippen LogP contribution is 2.25. The van der Waals surface area contributed by atoms with Crippen LogP contribution in [-0.4, -0.2) is 18.7 Å². The van der Waals surface area contributed by atoms with E-state index < -0.39 is 15.8 Å². The smallest absolute Gasteiger partial charge is 0.264 e. The van der Waals surface area contributed by atoms with E-state index in [2.05, 4.69) is 35.6 Å². The summed E-state index contributed by atoms with van der Waals surface area (Å²) in [7, 11) is -4.01. The Hall–Kier alpha value is -2.00. The third kappa shape index (κ3) is 2.61. The molecule has 0 fully saturated rings. The van der Waals surface area contributed by atoms with Gasteiger partial charge in [0.15, 0.2) is 5.52 Å². The molecule has 0 radical (unpaired) electrons.